The summed E-state index contributed by atoms with van der Waals surface area (Å²) in [6, 6.07) is 5.19. The lowest BCUT2D eigenvalue weighted by atomic mass is 9.97. The Morgan fingerprint density at radius 3 is 2.81 bits per heavy atom. The van der Waals surface area contributed by atoms with Gasteiger partial charge in [0.1, 0.15) is 0 Å². The lowest BCUT2D eigenvalue weighted by Crippen LogP contribution is -2.14. The molecular weight excluding hydrogens is 281 g/mol. The van der Waals surface area contributed by atoms with Gasteiger partial charge in [0, 0.05) is 12.1 Å². The van der Waals surface area contributed by atoms with Crippen LogP contribution in [0.5, 0.6) is 0 Å². The second kappa shape index (κ2) is 5.02. The van der Waals surface area contributed by atoms with Crippen LogP contribution >= 0.6 is 0 Å². The molecule has 3 nitrogen and oxygen atoms in total. The van der Waals surface area contributed by atoms with Crippen LogP contribution < -0.4 is 0 Å². The Hall–Kier alpha value is -2.11. The first-order valence-electron chi connectivity index (χ1n) is 6.69. The molecule has 0 amide bonds. The van der Waals surface area contributed by atoms with Gasteiger partial charge in [-0.15, -0.1) is 0 Å². The molecule has 0 bridgehead atoms. The Balaban J connectivity index is 1.90. The average molecular weight is 294 g/mol. The fourth-order valence-corrected chi connectivity index (χ4v) is 2.61. The van der Waals surface area contributed by atoms with E-state index in [9.17, 15) is 18.0 Å². The lowest BCUT2D eigenvalue weighted by Gasteiger charge is -2.14. The highest BCUT2D eigenvalue weighted by Crippen LogP contribution is 2.30. The molecule has 0 unspecified atom stereocenters. The van der Waals surface area contributed by atoms with Crippen molar-refractivity contribution in [2.75, 3.05) is 0 Å². The van der Waals surface area contributed by atoms with Crippen LogP contribution in [-0.4, -0.2) is 15.6 Å². The summed E-state index contributed by atoms with van der Waals surface area (Å²) in [5.74, 6) is 0.0616. The molecule has 0 N–H and O–H groups in total. The third-order valence-electron chi connectivity index (χ3n) is 3.65. The van der Waals surface area contributed by atoms with Gasteiger partial charge in [-0.1, -0.05) is 12.1 Å². The minimum Gasteiger partial charge on any atom is -0.294 e. The number of halogens is 3. The minimum absolute atomic E-state index is 0.0616. The maximum atomic E-state index is 12.7. The molecule has 0 saturated carbocycles. The molecule has 0 atom stereocenters. The van der Waals surface area contributed by atoms with E-state index in [1.807, 2.05) is 0 Å². The zero-order chi connectivity index (χ0) is 15.0. The minimum atomic E-state index is -4.35. The van der Waals surface area contributed by atoms with E-state index in [1.54, 1.807) is 10.7 Å². The van der Waals surface area contributed by atoms with Crippen molar-refractivity contribution in [3.05, 3.63) is 52.8 Å². The standard InChI is InChI=1S/C15H13F3N2O/c16-15(17,18)11-4-1-3-10(7-11)9-20-13-5-2-6-14(21)12(13)8-19-20/h1,3-4,7-8H,2,5-6,9H2. The van der Waals surface area contributed by atoms with E-state index in [0.29, 0.717) is 17.5 Å². The molecule has 1 aromatic carbocycles. The van der Waals surface area contributed by atoms with E-state index in [1.165, 1.54) is 12.3 Å². The Labute approximate surface area is 119 Å². The van der Waals surface area contributed by atoms with Gasteiger partial charge in [-0.3, -0.25) is 9.48 Å². The van der Waals surface area contributed by atoms with Crippen molar-refractivity contribution in [2.24, 2.45) is 0 Å². The summed E-state index contributed by atoms with van der Waals surface area (Å²) in [7, 11) is 0. The molecule has 1 aromatic heterocycles. The second-order valence-corrected chi connectivity index (χ2v) is 5.14. The van der Waals surface area contributed by atoms with E-state index in [-0.39, 0.29) is 12.3 Å². The summed E-state index contributed by atoms with van der Waals surface area (Å²) in [5, 5.41) is 4.15. The number of hydrogen-bond acceptors (Lipinski definition) is 2. The average Bonchev–Trinajstić information content (AvgIpc) is 2.83. The van der Waals surface area contributed by atoms with Gasteiger partial charge in [-0.05, 0) is 30.5 Å². The number of fused-ring (bicyclic) bond motifs is 1. The maximum absolute atomic E-state index is 12.7. The largest absolute Gasteiger partial charge is 0.416 e. The number of ketones is 1. The van der Waals surface area contributed by atoms with Crippen molar-refractivity contribution in [3.8, 4) is 0 Å². The zero-order valence-electron chi connectivity index (χ0n) is 11.2. The van der Waals surface area contributed by atoms with Crippen molar-refractivity contribution in [1.82, 2.24) is 9.78 Å². The first kappa shape index (κ1) is 13.9. The number of aromatic nitrogens is 2. The van der Waals surface area contributed by atoms with Gasteiger partial charge in [0.15, 0.2) is 5.78 Å². The van der Waals surface area contributed by atoms with Crippen LogP contribution in [0.4, 0.5) is 13.2 Å². The quantitative estimate of drug-likeness (QED) is 0.850. The second-order valence-electron chi connectivity index (χ2n) is 5.14. The molecule has 0 saturated heterocycles. The Morgan fingerprint density at radius 1 is 1.24 bits per heavy atom. The Morgan fingerprint density at radius 2 is 2.05 bits per heavy atom. The smallest absolute Gasteiger partial charge is 0.294 e. The van der Waals surface area contributed by atoms with Crippen LogP contribution in [0.3, 0.4) is 0 Å². The molecule has 0 fully saturated rings. The molecule has 1 aliphatic rings. The molecule has 21 heavy (non-hydrogen) atoms. The highest BCUT2D eigenvalue weighted by molar-refractivity contribution is 5.97. The number of carbonyl (C=O) groups is 1. The number of carbonyl (C=O) groups excluding carboxylic acids is 1. The summed E-state index contributed by atoms with van der Waals surface area (Å²) < 4.78 is 39.7. The summed E-state index contributed by atoms with van der Waals surface area (Å²) in [6.45, 7) is 0.243. The van der Waals surface area contributed by atoms with E-state index < -0.39 is 11.7 Å². The van der Waals surface area contributed by atoms with Crippen molar-refractivity contribution in [1.29, 1.82) is 0 Å². The number of benzene rings is 1. The number of rotatable bonds is 2. The molecule has 110 valence electrons. The van der Waals surface area contributed by atoms with Crippen LogP contribution in [0, 0.1) is 0 Å². The number of nitrogens with zero attached hydrogens (tertiary/aromatic N) is 2. The highest BCUT2D eigenvalue weighted by Gasteiger charge is 2.30. The van der Waals surface area contributed by atoms with Crippen LogP contribution in [-0.2, 0) is 19.1 Å². The molecular formula is C15H13F3N2O. The van der Waals surface area contributed by atoms with E-state index in [2.05, 4.69) is 5.10 Å². The van der Waals surface area contributed by atoms with Crippen LogP contribution in [0.2, 0.25) is 0 Å². The molecule has 0 aliphatic heterocycles. The first-order valence-corrected chi connectivity index (χ1v) is 6.69. The molecule has 2 aromatic rings. The van der Waals surface area contributed by atoms with Crippen molar-refractivity contribution >= 4 is 5.78 Å². The number of alkyl halides is 3. The summed E-state index contributed by atoms with van der Waals surface area (Å²) in [5.41, 5.74) is 1.28. The predicted molar refractivity (Wildman–Crippen MR) is 70.0 cm³/mol. The molecule has 0 radical (unpaired) electrons. The number of hydrogen-bond donors (Lipinski definition) is 0. The van der Waals surface area contributed by atoms with E-state index in [0.717, 1.165) is 30.7 Å². The zero-order valence-corrected chi connectivity index (χ0v) is 11.2. The fourth-order valence-electron chi connectivity index (χ4n) is 2.61. The van der Waals surface area contributed by atoms with Gasteiger partial charge >= 0.3 is 6.18 Å². The monoisotopic (exact) mass is 294 g/mol. The summed E-state index contributed by atoms with van der Waals surface area (Å²) in [6.07, 6.45) is -0.817. The first-order chi connectivity index (χ1) is 9.95. The van der Waals surface area contributed by atoms with Crippen molar-refractivity contribution in [3.63, 3.8) is 0 Å². The van der Waals surface area contributed by atoms with Gasteiger partial charge in [0.2, 0.25) is 0 Å². The van der Waals surface area contributed by atoms with Gasteiger partial charge in [-0.25, -0.2) is 0 Å². The molecule has 6 heteroatoms. The third-order valence-corrected chi connectivity index (χ3v) is 3.65. The van der Waals surface area contributed by atoms with E-state index >= 15 is 0 Å². The molecule has 1 heterocycles. The summed E-state index contributed by atoms with van der Waals surface area (Å²) >= 11 is 0. The molecule has 3 rings (SSSR count). The van der Waals surface area contributed by atoms with Crippen molar-refractivity contribution in [2.45, 2.75) is 32.0 Å². The van der Waals surface area contributed by atoms with Crippen LogP contribution in [0.15, 0.2) is 30.5 Å². The van der Waals surface area contributed by atoms with Crippen LogP contribution in [0.25, 0.3) is 0 Å². The Bertz CT molecular complexity index is 688. The van der Waals surface area contributed by atoms with E-state index in [4.69, 9.17) is 0 Å². The number of Topliss-reactive ketones (excluding diaryl/α,β-unsaturated/α-hetero) is 1. The predicted octanol–water partition coefficient (Wildman–Crippen LogP) is 3.47. The topological polar surface area (TPSA) is 34.9 Å². The third kappa shape index (κ3) is 2.70. The van der Waals surface area contributed by atoms with Gasteiger partial charge in [-0.2, -0.15) is 18.3 Å². The lowest BCUT2D eigenvalue weighted by molar-refractivity contribution is -0.137. The maximum Gasteiger partial charge on any atom is 0.416 e. The normalized spacial score (nSPS) is 15.1. The highest BCUT2D eigenvalue weighted by atomic mass is 19.4. The molecule has 1 aliphatic carbocycles. The van der Waals surface area contributed by atoms with Gasteiger partial charge in [0.05, 0.1) is 23.9 Å². The SMILES string of the molecule is O=C1CCCc2c1cnn2Cc1cccc(C(F)(F)F)c1. The van der Waals surface area contributed by atoms with Gasteiger partial charge < -0.3 is 0 Å². The Kier molecular flexibility index (Phi) is 3.31. The molecule has 0 spiro atoms. The fraction of sp³-hybridized carbons (Fsp3) is 0.333. The van der Waals surface area contributed by atoms with Gasteiger partial charge in [0.25, 0.3) is 0 Å². The van der Waals surface area contributed by atoms with Crippen LogP contribution in [0.1, 0.15) is 40.0 Å². The van der Waals surface area contributed by atoms with Crippen molar-refractivity contribution < 1.29 is 18.0 Å². The summed E-state index contributed by atoms with van der Waals surface area (Å²) in [4.78, 5) is 11.7.